The van der Waals surface area contributed by atoms with Crippen LogP contribution < -0.4 is 15.4 Å². The molecule has 0 bridgehead atoms. The number of thiazole rings is 1. The lowest BCUT2D eigenvalue weighted by atomic mass is 10.1. The highest BCUT2D eigenvalue weighted by molar-refractivity contribution is 7.14. The number of esters is 1. The van der Waals surface area contributed by atoms with Gasteiger partial charge in [-0.25, -0.2) is 9.78 Å². The highest BCUT2D eigenvalue weighted by Crippen LogP contribution is 2.26. The van der Waals surface area contributed by atoms with Gasteiger partial charge in [0.05, 0.1) is 12.8 Å². The van der Waals surface area contributed by atoms with Gasteiger partial charge in [-0.3, -0.25) is 14.9 Å². The number of amides is 2. The SMILES string of the molecule is COc1ccc(-c2csc(NC(=O)COC(=O)[C@H](Cc3ccccc3)NC(=O)c3ccccc3)n2)cc1. The molecule has 0 fully saturated rings. The average molecular weight is 516 g/mol. The van der Waals surface area contributed by atoms with Gasteiger partial charge >= 0.3 is 5.97 Å². The smallest absolute Gasteiger partial charge is 0.329 e. The molecular formula is C28H25N3O5S. The first kappa shape index (κ1) is 25.6. The van der Waals surface area contributed by atoms with Crippen molar-refractivity contribution in [2.75, 3.05) is 19.0 Å². The van der Waals surface area contributed by atoms with E-state index >= 15 is 0 Å². The Kier molecular flexibility index (Phi) is 8.62. The quantitative estimate of drug-likeness (QED) is 0.304. The predicted molar refractivity (Wildman–Crippen MR) is 142 cm³/mol. The lowest BCUT2D eigenvalue weighted by Crippen LogP contribution is -2.44. The minimum Gasteiger partial charge on any atom is -0.497 e. The van der Waals surface area contributed by atoms with E-state index in [1.54, 1.807) is 37.4 Å². The van der Waals surface area contributed by atoms with Gasteiger partial charge in [0.2, 0.25) is 0 Å². The van der Waals surface area contributed by atoms with Crippen LogP contribution in [-0.4, -0.2) is 42.5 Å². The molecule has 1 atom stereocenters. The number of carbonyl (C=O) groups is 3. The van der Waals surface area contributed by atoms with Crippen LogP contribution in [0.3, 0.4) is 0 Å². The summed E-state index contributed by atoms with van der Waals surface area (Å²) in [5, 5.41) is 7.56. The van der Waals surface area contributed by atoms with Crippen molar-refractivity contribution in [3.8, 4) is 17.0 Å². The van der Waals surface area contributed by atoms with Crippen molar-refractivity contribution in [2.45, 2.75) is 12.5 Å². The van der Waals surface area contributed by atoms with Gasteiger partial charge in [-0.2, -0.15) is 0 Å². The molecule has 1 heterocycles. The third kappa shape index (κ3) is 7.25. The number of hydrogen-bond donors (Lipinski definition) is 2. The zero-order chi connectivity index (χ0) is 26.0. The molecule has 188 valence electrons. The van der Waals surface area contributed by atoms with Gasteiger partial charge in [-0.15, -0.1) is 11.3 Å². The van der Waals surface area contributed by atoms with E-state index in [1.165, 1.54) is 11.3 Å². The lowest BCUT2D eigenvalue weighted by molar-refractivity contribution is -0.149. The Morgan fingerprint density at radius 3 is 2.27 bits per heavy atom. The van der Waals surface area contributed by atoms with Gasteiger partial charge in [0.15, 0.2) is 11.7 Å². The van der Waals surface area contributed by atoms with Crippen LogP contribution in [0.5, 0.6) is 5.75 Å². The molecule has 9 heteroatoms. The van der Waals surface area contributed by atoms with Crippen LogP contribution in [0.1, 0.15) is 15.9 Å². The van der Waals surface area contributed by atoms with Gasteiger partial charge in [-0.1, -0.05) is 48.5 Å². The molecule has 0 spiro atoms. The summed E-state index contributed by atoms with van der Waals surface area (Å²) in [6.07, 6.45) is 0.220. The fraction of sp³-hybridized carbons (Fsp3) is 0.143. The topological polar surface area (TPSA) is 107 Å². The van der Waals surface area contributed by atoms with Crippen LogP contribution in [0.2, 0.25) is 0 Å². The molecule has 0 saturated carbocycles. The van der Waals surface area contributed by atoms with Gasteiger partial charge in [0.25, 0.3) is 11.8 Å². The first-order valence-electron chi connectivity index (χ1n) is 11.5. The molecule has 4 aromatic rings. The van der Waals surface area contributed by atoms with Crippen molar-refractivity contribution in [3.05, 3.63) is 101 Å². The van der Waals surface area contributed by atoms with Gasteiger partial charge < -0.3 is 14.8 Å². The Morgan fingerprint density at radius 1 is 0.919 bits per heavy atom. The highest BCUT2D eigenvalue weighted by Gasteiger charge is 2.24. The molecule has 37 heavy (non-hydrogen) atoms. The summed E-state index contributed by atoms with van der Waals surface area (Å²) in [4.78, 5) is 42.4. The second-order valence-electron chi connectivity index (χ2n) is 8.00. The molecule has 0 saturated heterocycles. The first-order chi connectivity index (χ1) is 18.0. The van der Waals surface area contributed by atoms with Crippen molar-refractivity contribution in [1.29, 1.82) is 0 Å². The zero-order valence-corrected chi connectivity index (χ0v) is 20.9. The van der Waals surface area contributed by atoms with E-state index in [0.717, 1.165) is 16.9 Å². The lowest BCUT2D eigenvalue weighted by Gasteiger charge is -2.18. The summed E-state index contributed by atoms with van der Waals surface area (Å²) >= 11 is 1.26. The van der Waals surface area contributed by atoms with Crippen molar-refractivity contribution in [3.63, 3.8) is 0 Å². The monoisotopic (exact) mass is 515 g/mol. The van der Waals surface area contributed by atoms with Crippen LogP contribution >= 0.6 is 11.3 Å². The third-order valence-corrected chi connectivity index (χ3v) is 6.15. The molecule has 0 radical (unpaired) electrons. The van der Waals surface area contributed by atoms with E-state index in [2.05, 4.69) is 15.6 Å². The molecule has 1 aromatic heterocycles. The highest BCUT2D eigenvalue weighted by atomic mass is 32.1. The number of anilines is 1. The van der Waals surface area contributed by atoms with Gasteiger partial charge in [0.1, 0.15) is 11.8 Å². The summed E-state index contributed by atoms with van der Waals surface area (Å²) in [5.41, 5.74) is 2.84. The predicted octanol–water partition coefficient (Wildman–Crippen LogP) is 4.34. The third-order valence-electron chi connectivity index (χ3n) is 5.39. The Morgan fingerprint density at radius 2 is 1.59 bits per heavy atom. The zero-order valence-electron chi connectivity index (χ0n) is 20.0. The summed E-state index contributed by atoms with van der Waals surface area (Å²) in [6, 6.07) is 24.3. The minimum absolute atomic E-state index is 0.220. The van der Waals surface area contributed by atoms with Gasteiger partial charge in [0, 0.05) is 22.9 Å². The molecule has 2 N–H and O–H groups in total. The summed E-state index contributed by atoms with van der Waals surface area (Å²) in [7, 11) is 1.60. The number of hydrogen-bond acceptors (Lipinski definition) is 7. The van der Waals surface area contributed by atoms with Crippen LogP contribution in [0, 0.1) is 0 Å². The molecule has 4 rings (SSSR count). The van der Waals surface area contributed by atoms with E-state index in [9.17, 15) is 14.4 Å². The molecular weight excluding hydrogens is 490 g/mol. The summed E-state index contributed by atoms with van der Waals surface area (Å²) in [5.74, 6) is -0.908. The Bertz CT molecular complexity index is 1340. The van der Waals surface area contributed by atoms with Gasteiger partial charge in [-0.05, 0) is 42.0 Å². The second-order valence-corrected chi connectivity index (χ2v) is 8.86. The summed E-state index contributed by atoms with van der Waals surface area (Å²) < 4.78 is 10.4. The number of nitrogens with one attached hydrogen (secondary N) is 2. The molecule has 0 aliphatic heterocycles. The van der Waals surface area contributed by atoms with Crippen molar-refractivity contribution in [1.82, 2.24) is 10.3 Å². The van der Waals surface area contributed by atoms with Crippen LogP contribution in [0.25, 0.3) is 11.3 Å². The standard InChI is InChI=1S/C28H25N3O5S/c1-35-22-14-12-20(13-15-22)24-18-37-28(30-24)31-25(32)17-36-27(34)23(16-19-8-4-2-5-9-19)29-26(33)21-10-6-3-7-11-21/h2-15,18,23H,16-17H2,1H3,(H,29,33)(H,30,31,32)/t23-/m0/s1. The fourth-order valence-electron chi connectivity index (χ4n) is 3.49. The molecule has 3 aromatic carbocycles. The van der Waals surface area contributed by atoms with Crippen LogP contribution in [-0.2, 0) is 20.7 Å². The Labute approximate surface area is 218 Å². The van der Waals surface area contributed by atoms with Crippen molar-refractivity contribution >= 4 is 34.3 Å². The van der Waals surface area contributed by atoms with E-state index < -0.39 is 30.4 Å². The summed E-state index contributed by atoms with van der Waals surface area (Å²) in [6.45, 7) is -0.511. The Hall–Kier alpha value is -4.50. The Balaban J connectivity index is 1.35. The number of carbonyl (C=O) groups excluding carboxylic acids is 3. The average Bonchev–Trinajstić information content (AvgIpc) is 3.40. The normalized spacial score (nSPS) is 11.3. The number of nitrogens with zero attached hydrogens (tertiary/aromatic N) is 1. The second kappa shape index (κ2) is 12.5. The largest absolute Gasteiger partial charge is 0.497 e. The fourth-order valence-corrected chi connectivity index (χ4v) is 4.23. The minimum atomic E-state index is -0.968. The van der Waals surface area contributed by atoms with Crippen LogP contribution in [0.4, 0.5) is 5.13 Å². The van der Waals surface area contributed by atoms with E-state index in [1.807, 2.05) is 60.0 Å². The van der Waals surface area contributed by atoms with Crippen molar-refractivity contribution < 1.29 is 23.9 Å². The van der Waals surface area contributed by atoms with E-state index in [4.69, 9.17) is 9.47 Å². The van der Waals surface area contributed by atoms with Crippen LogP contribution in [0.15, 0.2) is 90.3 Å². The number of aromatic nitrogens is 1. The first-order valence-corrected chi connectivity index (χ1v) is 12.4. The number of ether oxygens (including phenoxy) is 2. The van der Waals surface area contributed by atoms with E-state index in [-0.39, 0.29) is 6.42 Å². The number of methoxy groups -OCH3 is 1. The van der Waals surface area contributed by atoms with Crippen molar-refractivity contribution in [2.24, 2.45) is 0 Å². The molecule has 8 nitrogen and oxygen atoms in total. The molecule has 2 amide bonds. The number of rotatable bonds is 10. The molecule has 0 aliphatic carbocycles. The number of benzene rings is 3. The van der Waals surface area contributed by atoms with E-state index in [0.29, 0.717) is 16.4 Å². The molecule has 0 unspecified atom stereocenters. The molecule has 0 aliphatic rings. The maximum atomic E-state index is 12.9. The maximum Gasteiger partial charge on any atom is 0.329 e. The maximum absolute atomic E-state index is 12.9.